The minimum absolute atomic E-state index is 0.00957. The minimum Gasteiger partial charge on any atom is -0.391 e. The maximum Gasteiger partial charge on any atom is 0.246 e. The number of amides is 4. The highest BCUT2D eigenvalue weighted by atomic mass is 32.1. The van der Waals surface area contributed by atoms with Gasteiger partial charge in [0.15, 0.2) is 0 Å². The van der Waals surface area contributed by atoms with E-state index in [0.717, 1.165) is 34.5 Å². The van der Waals surface area contributed by atoms with Gasteiger partial charge >= 0.3 is 0 Å². The SMILES string of the molecule is Cc1ncsc1-c1ccc([C@H](C)NC(=O)[C@@H]2C[C@@H](O)CN2C(=O)[C@@H](NC(=O)CCC(=O)N2CCC[C@@H](N)C2)C(C)(C)C)cc1. The van der Waals surface area contributed by atoms with Crippen molar-refractivity contribution in [1.29, 1.82) is 0 Å². The summed E-state index contributed by atoms with van der Waals surface area (Å²) in [5, 5.41) is 16.3. The smallest absolute Gasteiger partial charge is 0.246 e. The standard InChI is InChI=1S/C32H46N6O5S/c1-19(21-8-10-22(11-9-21)28-20(2)34-18-44-28)35-30(42)25-15-24(39)17-38(25)31(43)29(32(3,4)5)36-26(40)12-13-27(41)37-14-6-7-23(33)16-37/h8-11,18-19,23-25,29,39H,6-7,12-17,33H2,1-5H3,(H,35,42)(H,36,40)/t19-,23+,24+,25-,29+/m0/s1. The van der Waals surface area contributed by atoms with Crippen LogP contribution >= 0.6 is 11.3 Å². The number of hydrogen-bond acceptors (Lipinski definition) is 8. The third kappa shape index (κ3) is 8.22. The summed E-state index contributed by atoms with van der Waals surface area (Å²) in [6, 6.07) is 5.70. The van der Waals surface area contributed by atoms with Crippen LogP contribution < -0.4 is 16.4 Å². The van der Waals surface area contributed by atoms with Gasteiger partial charge in [0, 0.05) is 44.9 Å². The molecule has 4 amide bonds. The number of aliphatic hydroxyl groups excluding tert-OH is 1. The highest BCUT2D eigenvalue weighted by molar-refractivity contribution is 7.13. The third-order valence-electron chi connectivity index (χ3n) is 8.44. The first-order valence-corrected chi connectivity index (χ1v) is 16.2. The number of piperidine rings is 1. The van der Waals surface area contributed by atoms with Crippen LogP contribution in [0.5, 0.6) is 0 Å². The molecule has 0 bridgehead atoms. The second-order valence-electron chi connectivity index (χ2n) is 13.1. The maximum absolute atomic E-state index is 13.9. The molecule has 2 aliphatic heterocycles. The number of nitrogens with zero attached hydrogens (tertiary/aromatic N) is 3. The molecule has 11 nitrogen and oxygen atoms in total. The van der Waals surface area contributed by atoms with Gasteiger partial charge in [-0.15, -0.1) is 11.3 Å². The Morgan fingerprint density at radius 3 is 2.43 bits per heavy atom. The number of carbonyl (C=O) groups is 4. The molecule has 4 rings (SSSR count). The number of nitrogens with one attached hydrogen (secondary N) is 2. The van der Waals surface area contributed by atoms with Gasteiger partial charge < -0.3 is 31.3 Å². The zero-order chi connectivity index (χ0) is 32.2. The molecule has 0 saturated carbocycles. The van der Waals surface area contributed by atoms with E-state index in [2.05, 4.69) is 15.6 Å². The monoisotopic (exact) mass is 626 g/mol. The summed E-state index contributed by atoms with van der Waals surface area (Å²) >= 11 is 1.58. The fourth-order valence-electron chi connectivity index (χ4n) is 5.86. The highest BCUT2D eigenvalue weighted by Crippen LogP contribution is 2.29. The molecular weight excluding hydrogens is 580 g/mol. The fourth-order valence-corrected chi connectivity index (χ4v) is 6.68. The summed E-state index contributed by atoms with van der Waals surface area (Å²) in [6.45, 7) is 10.4. The van der Waals surface area contributed by atoms with Crippen LogP contribution in [0.25, 0.3) is 10.4 Å². The first-order chi connectivity index (χ1) is 20.7. The molecule has 1 aromatic heterocycles. The number of β-amino-alcohol motifs (C(OH)–C–C–N with tert-alkyl or cyclic N) is 1. The van der Waals surface area contributed by atoms with E-state index in [1.54, 1.807) is 16.2 Å². The molecule has 2 aromatic rings. The number of rotatable bonds is 9. The van der Waals surface area contributed by atoms with Crippen molar-refractivity contribution in [2.45, 2.75) is 97.0 Å². The molecule has 0 aliphatic carbocycles. The molecule has 2 saturated heterocycles. The number of thiazole rings is 1. The lowest BCUT2D eigenvalue weighted by molar-refractivity contribution is -0.144. The van der Waals surface area contributed by atoms with Gasteiger partial charge in [-0.1, -0.05) is 45.0 Å². The van der Waals surface area contributed by atoms with Crippen LogP contribution in [0.4, 0.5) is 0 Å². The average Bonchev–Trinajstić information content (AvgIpc) is 3.59. The summed E-state index contributed by atoms with van der Waals surface area (Å²) in [7, 11) is 0. The van der Waals surface area contributed by atoms with E-state index in [0.29, 0.717) is 13.1 Å². The van der Waals surface area contributed by atoms with Crippen LogP contribution in [0.2, 0.25) is 0 Å². The van der Waals surface area contributed by atoms with Crippen LogP contribution in [0.15, 0.2) is 29.8 Å². The number of aryl methyl sites for hydroxylation is 1. The van der Waals surface area contributed by atoms with Gasteiger partial charge in [0.1, 0.15) is 12.1 Å². The van der Waals surface area contributed by atoms with E-state index in [4.69, 9.17) is 5.73 Å². The van der Waals surface area contributed by atoms with Gasteiger partial charge in [0.2, 0.25) is 23.6 Å². The number of carbonyl (C=O) groups excluding carboxylic acids is 4. The van der Waals surface area contributed by atoms with Crippen molar-refractivity contribution in [2.75, 3.05) is 19.6 Å². The Kier molecular flexibility index (Phi) is 10.8. The predicted octanol–water partition coefficient (Wildman–Crippen LogP) is 2.52. The maximum atomic E-state index is 13.9. The molecule has 12 heteroatoms. The van der Waals surface area contributed by atoms with Crippen molar-refractivity contribution in [2.24, 2.45) is 11.1 Å². The molecule has 44 heavy (non-hydrogen) atoms. The van der Waals surface area contributed by atoms with Crippen LogP contribution in [0.1, 0.15) is 77.1 Å². The molecule has 5 atom stereocenters. The van der Waals surface area contributed by atoms with E-state index in [-0.39, 0.29) is 49.7 Å². The number of benzene rings is 1. The molecular formula is C32H46N6O5S. The molecule has 2 aliphatic rings. The molecule has 5 N–H and O–H groups in total. The molecule has 2 fully saturated rings. The fraction of sp³-hybridized carbons (Fsp3) is 0.594. The summed E-state index contributed by atoms with van der Waals surface area (Å²) in [5.74, 6) is -1.35. The lowest BCUT2D eigenvalue weighted by Gasteiger charge is -2.35. The summed E-state index contributed by atoms with van der Waals surface area (Å²) < 4.78 is 0. The Morgan fingerprint density at radius 1 is 1.11 bits per heavy atom. The van der Waals surface area contributed by atoms with E-state index in [1.807, 2.05) is 64.4 Å². The Hall–Kier alpha value is -3.35. The Bertz CT molecular complexity index is 1340. The van der Waals surface area contributed by atoms with Gasteiger partial charge in [-0.2, -0.15) is 0 Å². The molecule has 0 radical (unpaired) electrons. The van der Waals surface area contributed by atoms with Crippen LogP contribution in [0, 0.1) is 12.3 Å². The second kappa shape index (κ2) is 14.2. The van der Waals surface area contributed by atoms with E-state index >= 15 is 0 Å². The van der Waals surface area contributed by atoms with Crippen LogP contribution in [-0.4, -0.2) is 87.4 Å². The Balaban J connectivity index is 1.38. The lowest BCUT2D eigenvalue weighted by Crippen LogP contribution is -2.58. The molecule has 0 unspecified atom stereocenters. The second-order valence-corrected chi connectivity index (χ2v) is 14.0. The number of likely N-dealkylation sites (tertiary alicyclic amines) is 2. The largest absolute Gasteiger partial charge is 0.391 e. The first kappa shape index (κ1) is 33.5. The number of hydrogen-bond donors (Lipinski definition) is 4. The van der Waals surface area contributed by atoms with Crippen molar-refractivity contribution in [3.63, 3.8) is 0 Å². The van der Waals surface area contributed by atoms with Gasteiger partial charge in [-0.05, 0) is 43.2 Å². The number of aliphatic hydroxyl groups is 1. The number of nitrogens with two attached hydrogens (primary N) is 1. The van der Waals surface area contributed by atoms with Gasteiger partial charge in [-0.3, -0.25) is 19.2 Å². The minimum atomic E-state index is -0.950. The van der Waals surface area contributed by atoms with Gasteiger partial charge in [0.05, 0.1) is 28.2 Å². The topological polar surface area (TPSA) is 158 Å². The normalized spacial score (nSPS) is 21.9. The zero-order valence-corrected chi connectivity index (χ0v) is 27.2. The quantitative estimate of drug-likeness (QED) is 0.333. The van der Waals surface area contributed by atoms with Crippen molar-refractivity contribution < 1.29 is 24.3 Å². The van der Waals surface area contributed by atoms with Crippen molar-refractivity contribution in [3.05, 3.63) is 41.0 Å². The summed E-state index contributed by atoms with van der Waals surface area (Å²) in [4.78, 5) is 61.4. The Labute approximate surface area is 263 Å². The highest BCUT2D eigenvalue weighted by Gasteiger charge is 2.44. The first-order valence-electron chi connectivity index (χ1n) is 15.4. The lowest BCUT2D eigenvalue weighted by atomic mass is 9.85. The molecule has 3 heterocycles. The van der Waals surface area contributed by atoms with Gasteiger partial charge in [-0.25, -0.2) is 4.98 Å². The van der Waals surface area contributed by atoms with Gasteiger partial charge in [0.25, 0.3) is 0 Å². The van der Waals surface area contributed by atoms with E-state index < -0.39 is 35.4 Å². The van der Waals surface area contributed by atoms with Crippen molar-refractivity contribution >= 4 is 35.0 Å². The van der Waals surface area contributed by atoms with E-state index in [9.17, 15) is 24.3 Å². The molecule has 0 spiro atoms. The summed E-state index contributed by atoms with van der Waals surface area (Å²) in [6.07, 6.45) is 0.926. The van der Waals surface area contributed by atoms with Crippen LogP contribution in [-0.2, 0) is 19.2 Å². The third-order valence-corrected chi connectivity index (χ3v) is 9.41. The number of aromatic nitrogens is 1. The predicted molar refractivity (Wildman–Crippen MR) is 169 cm³/mol. The van der Waals surface area contributed by atoms with Crippen molar-refractivity contribution in [1.82, 2.24) is 25.4 Å². The molecule has 240 valence electrons. The zero-order valence-electron chi connectivity index (χ0n) is 26.3. The van der Waals surface area contributed by atoms with Crippen LogP contribution in [0.3, 0.4) is 0 Å². The Morgan fingerprint density at radius 2 is 1.82 bits per heavy atom. The summed E-state index contributed by atoms with van der Waals surface area (Å²) in [5.41, 5.74) is 10.0. The van der Waals surface area contributed by atoms with Crippen molar-refractivity contribution in [3.8, 4) is 10.4 Å². The molecule has 1 aromatic carbocycles. The average molecular weight is 627 g/mol. The van der Waals surface area contributed by atoms with E-state index in [1.165, 1.54) is 4.90 Å².